The molecule has 0 spiro atoms. The normalized spacial score (nSPS) is 14.9. The second-order valence-corrected chi connectivity index (χ2v) is 8.80. The molecule has 8 heteroatoms. The lowest BCUT2D eigenvalue weighted by Crippen LogP contribution is -2.37. The van der Waals surface area contributed by atoms with Gasteiger partial charge in [-0.05, 0) is 31.5 Å². The molecule has 0 amide bonds. The number of fused-ring (bicyclic) bond motifs is 1. The summed E-state index contributed by atoms with van der Waals surface area (Å²) in [6, 6.07) is 7.02. The first-order valence-corrected chi connectivity index (χ1v) is 10.2. The quantitative estimate of drug-likeness (QED) is 0.693. The molecule has 1 aromatic carbocycles. The summed E-state index contributed by atoms with van der Waals surface area (Å²) < 4.78 is 29.3. The van der Waals surface area contributed by atoms with Crippen molar-refractivity contribution in [1.82, 2.24) is 24.1 Å². The Balaban J connectivity index is 1.67. The molecule has 3 aromatic rings. The van der Waals surface area contributed by atoms with Crippen LogP contribution in [-0.2, 0) is 30.0 Å². The van der Waals surface area contributed by atoms with Gasteiger partial charge < -0.3 is 0 Å². The van der Waals surface area contributed by atoms with E-state index in [1.54, 1.807) is 29.1 Å². The Morgan fingerprint density at radius 3 is 2.67 bits per heavy atom. The molecule has 0 atom stereocenters. The molecule has 0 unspecified atom stereocenters. The molecule has 7 nitrogen and oxygen atoms in total. The highest BCUT2D eigenvalue weighted by atomic mass is 32.2. The lowest BCUT2D eigenvalue weighted by Gasteiger charge is -2.28. The highest BCUT2D eigenvalue weighted by molar-refractivity contribution is 7.89. The highest BCUT2D eigenvalue weighted by Gasteiger charge is 2.30. The molecule has 0 saturated carbocycles. The molecule has 1 aliphatic rings. The van der Waals surface area contributed by atoms with Crippen molar-refractivity contribution in [3.63, 3.8) is 0 Å². The zero-order chi connectivity index (χ0) is 19.2. The van der Waals surface area contributed by atoms with Crippen molar-refractivity contribution in [2.75, 3.05) is 6.54 Å². The number of rotatable bonds is 3. The van der Waals surface area contributed by atoms with Crippen molar-refractivity contribution in [2.24, 2.45) is 7.05 Å². The molecule has 2 aromatic heterocycles. The van der Waals surface area contributed by atoms with Crippen LogP contribution in [0, 0.1) is 13.8 Å². The predicted octanol–water partition coefficient (Wildman–Crippen LogP) is 2.24. The molecule has 0 aliphatic carbocycles. The summed E-state index contributed by atoms with van der Waals surface area (Å²) in [6.45, 7) is 4.50. The number of benzene rings is 1. The summed E-state index contributed by atoms with van der Waals surface area (Å²) in [5.41, 5.74) is 4.40. The summed E-state index contributed by atoms with van der Waals surface area (Å²) in [5.74, 6) is 0.634. The third kappa shape index (κ3) is 3.26. The maximum absolute atomic E-state index is 13.0. The number of hydrogen-bond donors (Lipinski definition) is 0. The fourth-order valence-electron chi connectivity index (χ4n) is 3.35. The largest absolute Gasteiger partial charge is 0.275 e. The third-order valence-corrected chi connectivity index (χ3v) is 6.66. The van der Waals surface area contributed by atoms with Crippen LogP contribution in [0.3, 0.4) is 0 Å². The van der Waals surface area contributed by atoms with E-state index in [1.165, 1.54) is 4.31 Å². The van der Waals surface area contributed by atoms with Gasteiger partial charge in [0.25, 0.3) is 0 Å². The van der Waals surface area contributed by atoms with Crippen molar-refractivity contribution in [2.45, 2.75) is 31.7 Å². The number of hydrogen-bond acceptors (Lipinski definition) is 5. The highest BCUT2D eigenvalue weighted by Crippen LogP contribution is 2.27. The van der Waals surface area contributed by atoms with Crippen LogP contribution in [0.2, 0.25) is 0 Å². The van der Waals surface area contributed by atoms with E-state index in [-0.39, 0.29) is 0 Å². The lowest BCUT2D eigenvalue weighted by atomic mass is 10.1. The summed E-state index contributed by atoms with van der Waals surface area (Å²) in [4.78, 5) is 9.59. The molecule has 0 fully saturated rings. The standard InChI is InChI=1S/C19H21N5O2S/c1-13-5-4-6-16(9-13)27(25,26)24-8-7-18-17(12-24)14(2)21-19(22-18)15-10-20-23(3)11-15/h4-6,9-11H,7-8,12H2,1-3H3. The lowest BCUT2D eigenvalue weighted by molar-refractivity contribution is 0.385. The fourth-order valence-corrected chi connectivity index (χ4v) is 4.86. The summed E-state index contributed by atoms with van der Waals surface area (Å²) in [7, 11) is -1.69. The average Bonchev–Trinajstić information content (AvgIpc) is 3.08. The number of aryl methyl sites for hydroxylation is 3. The van der Waals surface area contributed by atoms with E-state index in [1.807, 2.05) is 33.2 Å². The van der Waals surface area contributed by atoms with Crippen LogP contribution in [0.15, 0.2) is 41.6 Å². The minimum absolute atomic E-state index is 0.296. The summed E-state index contributed by atoms with van der Waals surface area (Å²) >= 11 is 0. The summed E-state index contributed by atoms with van der Waals surface area (Å²) in [5, 5.41) is 4.17. The van der Waals surface area contributed by atoms with Crippen molar-refractivity contribution < 1.29 is 8.42 Å². The van der Waals surface area contributed by atoms with E-state index >= 15 is 0 Å². The van der Waals surface area contributed by atoms with Crippen molar-refractivity contribution in [3.05, 3.63) is 59.2 Å². The van der Waals surface area contributed by atoms with Crippen molar-refractivity contribution >= 4 is 10.0 Å². The molecule has 3 heterocycles. The Bertz CT molecular complexity index is 1120. The van der Waals surface area contributed by atoms with Gasteiger partial charge >= 0.3 is 0 Å². The van der Waals surface area contributed by atoms with Gasteiger partial charge in [-0.3, -0.25) is 4.68 Å². The molecule has 0 bridgehead atoms. The van der Waals surface area contributed by atoms with Gasteiger partial charge in [0.05, 0.1) is 22.3 Å². The molecule has 1 aliphatic heterocycles. The van der Waals surface area contributed by atoms with Crippen LogP contribution in [-0.4, -0.2) is 39.0 Å². The van der Waals surface area contributed by atoms with Gasteiger partial charge in [-0.1, -0.05) is 12.1 Å². The molecule has 0 N–H and O–H groups in total. The molecule has 0 saturated heterocycles. The zero-order valence-corrected chi connectivity index (χ0v) is 16.4. The van der Waals surface area contributed by atoms with Gasteiger partial charge in [0, 0.05) is 44.0 Å². The number of sulfonamides is 1. The first kappa shape index (κ1) is 17.8. The Kier molecular flexibility index (Phi) is 4.32. The first-order valence-electron chi connectivity index (χ1n) is 8.77. The van der Waals surface area contributed by atoms with E-state index in [9.17, 15) is 8.42 Å². The second kappa shape index (κ2) is 6.54. The smallest absolute Gasteiger partial charge is 0.243 e. The van der Waals surface area contributed by atoms with E-state index in [0.29, 0.717) is 30.2 Å². The van der Waals surface area contributed by atoms with Gasteiger partial charge in [0.2, 0.25) is 10.0 Å². The van der Waals surface area contributed by atoms with Crippen LogP contribution in [0.1, 0.15) is 22.5 Å². The predicted molar refractivity (Wildman–Crippen MR) is 101 cm³/mol. The fraction of sp³-hybridized carbons (Fsp3) is 0.316. The van der Waals surface area contributed by atoms with Crippen LogP contribution in [0.5, 0.6) is 0 Å². The van der Waals surface area contributed by atoms with E-state index < -0.39 is 10.0 Å². The number of nitrogens with zero attached hydrogens (tertiary/aromatic N) is 5. The van der Waals surface area contributed by atoms with E-state index in [2.05, 4.69) is 15.1 Å². The van der Waals surface area contributed by atoms with Gasteiger partial charge in [-0.15, -0.1) is 0 Å². The van der Waals surface area contributed by atoms with Crippen LogP contribution < -0.4 is 0 Å². The molecule has 4 rings (SSSR count). The first-order chi connectivity index (χ1) is 12.8. The second-order valence-electron chi connectivity index (χ2n) is 6.87. The maximum Gasteiger partial charge on any atom is 0.243 e. The molecule has 27 heavy (non-hydrogen) atoms. The van der Waals surface area contributed by atoms with E-state index in [0.717, 1.165) is 28.1 Å². The van der Waals surface area contributed by atoms with Crippen LogP contribution in [0.25, 0.3) is 11.4 Å². The van der Waals surface area contributed by atoms with Gasteiger partial charge in [-0.2, -0.15) is 9.40 Å². The average molecular weight is 383 g/mol. The number of aromatic nitrogens is 4. The molecule has 140 valence electrons. The minimum Gasteiger partial charge on any atom is -0.275 e. The molecule has 0 radical (unpaired) electrons. The van der Waals surface area contributed by atoms with Crippen LogP contribution >= 0.6 is 0 Å². The summed E-state index contributed by atoms with van der Waals surface area (Å²) in [6.07, 6.45) is 4.17. The van der Waals surface area contributed by atoms with Gasteiger partial charge in [0.1, 0.15) is 0 Å². The Labute approximate surface area is 158 Å². The maximum atomic E-state index is 13.0. The van der Waals surface area contributed by atoms with Crippen molar-refractivity contribution in [3.8, 4) is 11.4 Å². The minimum atomic E-state index is -3.54. The Hall–Kier alpha value is -2.58. The SMILES string of the molecule is Cc1cccc(S(=O)(=O)N2CCc3nc(-c4cnn(C)c4)nc(C)c3C2)c1. The zero-order valence-electron chi connectivity index (χ0n) is 15.5. The molecular weight excluding hydrogens is 362 g/mol. The topological polar surface area (TPSA) is 81.0 Å². The Morgan fingerprint density at radius 1 is 1.15 bits per heavy atom. The monoisotopic (exact) mass is 383 g/mol. The third-order valence-electron chi connectivity index (χ3n) is 4.82. The molecular formula is C19H21N5O2S. The van der Waals surface area contributed by atoms with Gasteiger partial charge in [-0.25, -0.2) is 18.4 Å². The Morgan fingerprint density at radius 2 is 1.96 bits per heavy atom. The van der Waals surface area contributed by atoms with Crippen LogP contribution in [0.4, 0.5) is 0 Å². The van der Waals surface area contributed by atoms with Crippen molar-refractivity contribution in [1.29, 1.82) is 0 Å². The van der Waals surface area contributed by atoms with Gasteiger partial charge in [0.15, 0.2) is 5.82 Å². The van der Waals surface area contributed by atoms with E-state index in [4.69, 9.17) is 0 Å².